The summed E-state index contributed by atoms with van der Waals surface area (Å²) in [4.78, 5) is 15.0. The third-order valence-corrected chi connectivity index (χ3v) is 4.44. The first-order valence-corrected chi connectivity index (χ1v) is 7.57. The van der Waals surface area contributed by atoms with Crippen LogP contribution in [0.25, 0.3) is 0 Å². The maximum atomic E-state index is 11.1. The van der Waals surface area contributed by atoms with Gasteiger partial charge in [-0.1, -0.05) is 24.3 Å². The molecule has 25 heavy (non-hydrogen) atoms. The molecule has 2 heterocycles. The molecule has 1 aromatic carbocycles. The number of nitriles is 1. The molecule has 0 saturated carbocycles. The SMILES string of the molecule is N#CC1=C(N)OC2C(=CC=C3C=CN=C32)C1c1cccc([N+](=O)[O-])c1. The van der Waals surface area contributed by atoms with Gasteiger partial charge in [-0.2, -0.15) is 5.26 Å². The van der Waals surface area contributed by atoms with Crippen molar-refractivity contribution >= 4 is 11.4 Å². The minimum atomic E-state index is -0.509. The first-order chi connectivity index (χ1) is 12.1. The number of rotatable bonds is 2. The van der Waals surface area contributed by atoms with E-state index in [0.717, 1.165) is 16.9 Å². The quantitative estimate of drug-likeness (QED) is 0.660. The topological polar surface area (TPSA) is 115 Å². The highest BCUT2D eigenvalue weighted by atomic mass is 16.6. The second kappa shape index (κ2) is 5.46. The Balaban J connectivity index is 1.89. The largest absolute Gasteiger partial charge is 0.464 e. The zero-order valence-electron chi connectivity index (χ0n) is 12.9. The van der Waals surface area contributed by atoms with Crippen molar-refractivity contribution < 1.29 is 9.66 Å². The molecule has 1 aliphatic carbocycles. The van der Waals surface area contributed by atoms with E-state index in [0.29, 0.717) is 5.56 Å². The van der Waals surface area contributed by atoms with Crippen LogP contribution in [0.2, 0.25) is 0 Å². The summed E-state index contributed by atoms with van der Waals surface area (Å²) in [6, 6.07) is 8.31. The number of nitrogens with zero attached hydrogens (tertiary/aromatic N) is 3. The molecule has 4 rings (SSSR count). The Morgan fingerprint density at radius 2 is 2.20 bits per heavy atom. The Morgan fingerprint density at radius 3 is 2.96 bits per heavy atom. The highest BCUT2D eigenvalue weighted by molar-refractivity contribution is 6.11. The van der Waals surface area contributed by atoms with E-state index in [1.807, 2.05) is 18.2 Å². The van der Waals surface area contributed by atoms with Gasteiger partial charge in [0.1, 0.15) is 11.6 Å². The van der Waals surface area contributed by atoms with Crippen molar-refractivity contribution in [1.82, 2.24) is 0 Å². The van der Waals surface area contributed by atoms with E-state index in [1.165, 1.54) is 12.1 Å². The second-order valence-electron chi connectivity index (χ2n) is 5.79. The first kappa shape index (κ1) is 14.9. The smallest absolute Gasteiger partial charge is 0.269 e. The number of hydrogen-bond donors (Lipinski definition) is 1. The summed E-state index contributed by atoms with van der Waals surface area (Å²) in [6.45, 7) is 0. The van der Waals surface area contributed by atoms with E-state index in [9.17, 15) is 15.4 Å². The highest BCUT2D eigenvalue weighted by Crippen LogP contribution is 2.43. The van der Waals surface area contributed by atoms with E-state index in [2.05, 4.69) is 11.1 Å². The molecule has 2 N–H and O–H groups in total. The number of allylic oxidation sites excluding steroid dienone is 4. The Hall–Kier alpha value is -3.66. The molecule has 0 saturated heterocycles. The summed E-state index contributed by atoms with van der Waals surface area (Å²) in [5.74, 6) is -0.484. The van der Waals surface area contributed by atoms with Crippen LogP contribution in [-0.2, 0) is 4.74 Å². The Morgan fingerprint density at radius 1 is 1.36 bits per heavy atom. The molecule has 3 aliphatic rings. The van der Waals surface area contributed by atoms with Crippen LogP contribution in [0.3, 0.4) is 0 Å². The fraction of sp³-hybridized carbons (Fsp3) is 0.111. The molecule has 0 aromatic heterocycles. The maximum absolute atomic E-state index is 11.1. The number of nitro benzene ring substituents is 1. The van der Waals surface area contributed by atoms with E-state index >= 15 is 0 Å². The highest BCUT2D eigenvalue weighted by Gasteiger charge is 2.41. The van der Waals surface area contributed by atoms with Gasteiger partial charge in [-0.3, -0.25) is 15.1 Å². The molecular weight excluding hydrogens is 320 g/mol. The van der Waals surface area contributed by atoms with E-state index < -0.39 is 16.9 Å². The monoisotopic (exact) mass is 332 g/mol. The van der Waals surface area contributed by atoms with Crippen LogP contribution in [0.4, 0.5) is 5.69 Å². The standard InChI is InChI=1S/C18H12N4O3/c19-9-14-15(11-2-1-3-12(8-11)22(23)24)13-5-4-10-6-7-21-16(10)17(13)25-18(14)20/h1-8,15,17H,20H2. The third kappa shape index (κ3) is 2.23. The van der Waals surface area contributed by atoms with Gasteiger partial charge in [0.2, 0.25) is 0 Å². The summed E-state index contributed by atoms with van der Waals surface area (Å²) >= 11 is 0. The molecule has 0 fully saturated rings. The number of non-ortho nitro benzene ring substituents is 1. The van der Waals surface area contributed by atoms with Crippen molar-refractivity contribution in [3.8, 4) is 6.07 Å². The molecule has 0 spiro atoms. The Labute approximate surface area is 142 Å². The fourth-order valence-electron chi connectivity index (χ4n) is 3.32. The number of ether oxygens (including phenoxy) is 1. The molecule has 2 aliphatic heterocycles. The van der Waals surface area contributed by atoms with Crippen LogP contribution in [0.15, 0.2) is 76.3 Å². The second-order valence-corrected chi connectivity index (χ2v) is 5.79. The molecule has 0 amide bonds. The molecule has 7 nitrogen and oxygen atoms in total. The average molecular weight is 332 g/mol. The van der Waals surface area contributed by atoms with Crippen LogP contribution in [0, 0.1) is 21.4 Å². The van der Waals surface area contributed by atoms with Crippen molar-refractivity contribution in [2.24, 2.45) is 10.7 Å². The first-order valence-electron chi connectivity index (χ1n) is 7.57. The van der Waals surface area contributed by atoms with Crippen molar-refractivity contribution in [3.63, 3.8) is 0 Å². The fourth-order valence-corrected chi connectivity index (χ4v) is 3.32. The van der Waals surface area contributed by atoms with Crippen molar-refractivity contribution in [2.45, 2.75) is 12.0 Å². The third-order valence-electron chi connectivity index (χ3n) is 4.44. The van der Waals surface area contributed by atoms with Crippen molar-refractivity contribution in [1.29, 1.82) is 5.26 Å². The van der Waals surface area contributed by atoms with E-state index in [-0.39, 0.29) is 17.1 Å². The van der Waals surface area contributed by atoms with Gasteiger partial charge in [0.15, 0.2) is 12.0 Å². The minimum absolute atomic E-state index is 0.0250. The molecule has 122 valence electrons. The lowest BCUT2D eigenvalue weighted by Crippen LogP contribution is -2.37. The number of nitrogens with two attached hydrogens (primary N) is 1. The lowest BCUT2D eigenvalue weighted by atomic mass is 9.77. The minimum Gasteiger partial charge on any atom is -0.464 e. The molecule has 7 heteroatoms. The Kier molecular flexibility index (Phi) is 3.25. The van der Waals surface area contributed by atoms with Gasteiger partial charge in [0, 0.05) is 29.8 Å². The van der Waals surface area contributed by atoms with Gasteiger partial charge in [-0.25, -0.2) is 0 Å². The lowest BCUT2D eigenvalue weighted by molar-refractivity contribution is -0.384. The molecule has 2 atom stereocenters. The summed E-state index contributed by atoms with van der Waals surface area (Å²) in [5, 5.41) is 20.7. The predicted octanol–water partition coefficient (Wildman–Crippen LogP) is 2.61. The van der Waals surface area contributed by atoms with Crippen molar-refractivity contribution in [2.75, 3.05) is 0 Å². The van der Waals surface area contributed by atoms with Gasteiger partial charge in [-0.15, -0.1) is 0 Å². The van der Waals surface area contributed by atoms with Gasteiger partial charge >= 0.3 is 0 Å². The summed E-state index contributed by atoms with van der Waals surface area (Å²) in [7, 11) is 0. The number of aliphatic imine (C=N–C) groups is 1. The van der Waals surface area contributed by atoms with Crippen LogP contribution in [0.5, 0.6) is 0 Å². The number of fused-ring (bicyclic) bond motifs is 3. The Bertz CT molecular complexity index is 992. The van der Waals surface area contributed by atoms with Crippen LogP contribution < -0.4 is 5.73 Å². The zero-order valence-corrected chi connectivity index (χ0v) is 12.9. The predicted molar refractivity (Wildman–Crippen MR) is 90.3 cm³/mol. The molecule has 0 radical (unpaired) electrons. The number of hydrogen-bond acceptors (Lipinski definition) is 6. The molecule has 0 bridgehead atoms. The van der Waals surface area contributed by atoms with Crippen molar-refractivity contribution in [3.05, 3.63) is 87.0 Å². The normalized spacial score (nSPS) is 23.6. The number of nitro groups is 1. The van der Waals surface area contributed by atoms with Gasteiger partial charge in [0.25, 0.3) is 5.69 Å². The lowest BCUT2D eigenvalue weighted by Gasteiger charge is -2.35. The molecule has 1 aromatic rings. The average Bonchev–Trinajstić information content (AvgIpc) is 3.10. The molecule has 2 unspecified atom stereocenters. The van der Waals surface area contributed by atoms with E-state index in [4.69, 9.17) is 10.5 Å². The van der Waals surface area contributed by atoms with Crippen LogP contribution in [0.1, 0.15) is 11.5 Å². The number of benzene rings is 1. The summed E-state index contributed by atoms with van der Waals surface area (Å²) in [5.41, 5.74) is 9.26. The van der Waals surface area contributed by atoms with Crippen LogP contribution >= 0.6 is 0 Å². The van der Waals surface area contributed by atoms with Gasteiger partial charge in [-0.05, 0) is 17.2 Å². The van der Waals surface area contributed by atoms with Gasteiger partial charge in [0.05, 0.1) is 10.6 Å². The van der Waals surface area contributed by atoms with E-state index in [1.54, 1.807) is 18.3 Å². The summed E-state index contributed by atoms with van der Waals surface area (Å²) < 4.78 is 5.76. The summed E-state index contributed by atoms with van der Waals surface area (Å²) in [6.07, 6.45) is 6.83. The maximum Gasteiger partial charge on any atom is 0.269 e. The molecular formula is C18H12N4O3. The van der Waals surface area contributed by atoms with Crippen LogP contribution in [-0.4, -0.2) is 16.7 Å². The van der Waals surface area contributed by atoms with Gasteiger partial charge < -0.3 is 10.5 Å². The zero-order chi connectivity index (χ0) is 17.6.